The molecule has 0 aliphatic carbocycles. The first-order valence-electron chi connectivity index (χ1n) is 6.80. The summed E-state index contributed by atoms with van der Waals surface area (Å²) in [6.07, 6.45) is 3.07. The molecule has 1 amide bonds. The van der Waals surface area contributed by atoms with Crippen LogP contribution < -0.4 is 15.4 Å². The van der Waals surface area contributed by atoms with Crippen molar-refractivity contribution >= 4 is 35.0 Å². The first kappa shape index (κ1) is 16.5. The molecule has 0 aliphatic heterocycles. The van der Waals surface area contributed by atoms with Gasteiger partial charge in [-0.2, -0.15) is 0 Å². The van der Waals surface area contributed by atoms with Gasteiger partial charge in [0.1, 0.15) is 11.5 Å². The van der Waals surface area contributed by atoms with Crippen molar-refractivity contribution in [1.29, 1.82) is 0 Å². The molecule has 3 N–H and O–H groups in total. The highest BCUT2D eigenvalue weighted by Gasteiger charge is 2.01. The summed E-state index contributed by atoms with van der Waals surface area (Å²) in [5.74, 6) is 0.580. The van der Waals surface area contributed by atoms with Gasteiger partial charge in [0.25, 0.3) is 0 Å². The van der Waals surface area contributed by atoms with Gasteiger partial charge in [0, 0.05) is 11.8 Å². The van der Waals surface area contributed by atoms with Crippen LogP contribution in [0, 0.1) is 0 Å². The van der Waals surface area contributed by atoms with E-state index in [-0.39, 0.29) is 16.8 Å². The third-order valence-electron chi connectivity index (χ3n) is 2.90. The van der Waals surface area contributed by atoms with Gasteiger partial charge in [0.15, 0.2) is 5.11 Å². The number of amides is 1. The highest BCUT2D eigenvalue weighted by Crippen LogP contribution is 2.14. The summed E-state index contributed by atoms with van der Waals surface area (Å²) in [6.45, 7) is 0. The molecule has 0 atom stereocenters. The molecule has 118 valence electrons. The van der Waals surface area contributed by atoms with Crippen LogP contribution in [0.25, 0.3) is 6.08 Å². The van der Waals surface area contributed by atoms with Crippen molar-refractivity contribution < 1.29 is 14.6 Å². The molecule has 0 radical (unpaired) electrons. The van der Waals surface area contributed by atoms with Crippen molar-refractivity contribution in [2.75, 3.05) is 12.4 Å². The van der Waals surface area contributed by atoms with Gasteiger partial charge in [-0.05, 0) is 60.3 Å². The normalized spacial score (nSPS) is 10.3. The number of phenolic OH excluding ortho intramolecular Hbond substituents is 1. The Balaban J connectivity index is 1.86. The van der Waals surface area contributed by atoms with Crippen LogP contribution in [0.2, 0.25) is 0 Å². The SMILES string of the molecule is COc1ccc(C=CC(=O)NC(=S)Nc2ccc(O)cc2)cc1. The summed E-state index contributed by atoms with van der Waals surface area (Å²) < 4.78 is 5.07. The number of benzene rings is 2. The predicted octanol–water partition coefficient (Wildman–Crippen LogP) is 2.93. The van der Waals surface area contributed by atoms with Gasteiger partial charge < -0.3 is 15.2 Å². The van der Waals surface area contributed by atoms with E-state index in [1.807, 2.05) is 24.3 Å². The Hall–Kier alpha value is -2.86. The quantitative estimate of drug-likeness (QED) is 0.457. The molecule has 2 rings (SSSR count). The lowest BCUT2D eigenvalue weighted by Crippen LogP contribution is -2.32. The van der Waals surface area contributed by atoms with Crippen LogP contribution in [-0.2, 0) is 4.79 Å². The number of methoxy groups -OCH3 is 1. The van der Waals surface area contributed by atoms with E-state index in [1.165, 1.54) is 18.2 Å². The third-order valence-corrected chi connectivity index (χ3v) is 3.11. The second-order valence-corrected chi connectivity index (χ2v) is 5.00. The maximum atomic E-state index is 11.8. The monoisotopic (exact) mass is 328 g/mol. The highest BCUT2D eigenvalue weighted by molar-refractivity contribution is 7.80. The second-order valence-electron chi connectivity index (χ2n) is 4.60. The fraction of sp³-hybridized carbons (Fsp3) is 0.0588. The van der Waals surface area contributed by atoms with Crippen molar-refractivity contribution in [2.45, 2.75) is 0 Å². The lowest BCUT2D eigenvalue weighted by molar-refractivity contribution is -0.115. The van der Waals surface area contributed by atoms with Crippen LogP contribution >= 0.6 is 12.2 Å². The summed E-state index contributed by atoms with van der Waals surface area (Å²) in [6, 6.07) is 13.7. The number of aromatic hydroxyl groups is 1. The first-order chi connectivity index (χ1) is 11.1. The molecule has 0 saturated carbocycles. The minimum absolute atomic E-state index is 0.160. The number of hydrogen-bond acceptors (Lipinski definition) is 4. The Morgan fingerprint density at radius 1 is 1.13 bits per heavy atom. The number of phenols is 1. The Morgan fingerprint density at radius 2 is 1.78 bits per heavy atom. The molecule has 0 aliphatic rings. The van der Waals surface area contributed by atoms with Gasteiger partial charge in [-0.25, -0.2) is 0 Å². The number of carbonyl (C=O) groups is 1. The van der Waals surface area contributed by atoms with Crippen molar-refractivity contribution in [1.82, 2.24) is 5.32 Å². The molecule has 0 fully saturated rings. The highest BCUT2D eigenvalue weighted by atomic mass is 32.1. The summed E-state index contributed by atoms with van der Waals surface area (Å²) in [7, 11) is 1.60. The summed E-state index contributed by atoms with van der Waals surface area (Å²) >= 11 is 5.05. The number of anilines is 1. The number of carbonyl (C=O) groups excluding carboxylic acids is 1. The zero-order valence-electron chi connectivity index (χ0n) is 12.4. The van der Waals surface area contributed by atoms with Gasteiger partial charge in [-0.15, -0.1) is 0 Å². The van der Waals surface area contributed by atoms with E-state index in [1.54, 1.807) is 25.3 Å². The molecule has 0 aromatic heterocycles. The summed E-state index contributed by atoms with van der Waals surface area (Å²) in [5.41, 5.74) is 1.55. The van der Waals surface area contributed by atoms with E-state index in [0.717, 1.165) is 11.3 Å². The van der Waals surface area contributed by atoms with Gasteiger partial charge in [0.05, 0.1) is 7.11 Å². The predicted molar refractivity (Wildman–Crippen MR) is 94.5 cm³/mol. The van der Waals surface area contributed by atoms with Crippen LogP contribution in [0.5, 0.6) is 11.5 Å². The van der Waals surface area contributed by atoms with Gasteiger partial charge >= 0.3 is 0 Å². The second kappa shape index (κ2) is 7.95. The van der Waals surface area contributed by atoms with E-state index in [4.69, 9.17) is 17.0 Å². The smallest absolute Gasteiger partial charge is 0.250 e. The Morgan fingerprint density at radius 3 is 2.39 bits per heavy atom. The number of hydrogen-bond donors (Lipinski definition) is 3. The van der Waals surface area contributed by atoms with Gasteiger partial charge in [-0.1, -0.05) is 12.1 Å². The zero-order valence-corrected chi connectivity index (χ0v) is 13.3. The Bertz CT molecular complexity index is 710. The lowest BCUT2D eigenvalue weighted by atomic mass is 10.2. The molecule has 0 saturated heterocycles. The Labute approximate surface area is 139 Å². The molecule has 5 nitrogen and oxygen atoms in total. The Kier molecular flexibility index (Phi) is 5.71. The standard InChI is InChI=1S/C17H16N2O3S/c1-22-15-9-2-12(3-10-15)4-11-16(21)19-17(23)18-13-5-7-14(20)8-6-13/h2-11,20H,1H3,(H2,18,19,21,23). The number of rotatable bonds is 4. The third kappa shape index (κ3) is 5.44. The molecule has 0 heterocycles. The van der Waals surface area contributed by atoms with Crippen molar-refractivity contribution in [3.05, 3.63) is 60.2 Å². The molecule has 0 bridgehead atoms. The van der Waals surface area contributed by atoms with E-state index < -0.39 is 0 Å². The molecule has 23 heavy (non-hydrogen) atoms. The number of ether oxygens (including phenoxy) is 1. The molecular weight excluding hydrogens is 312 g/mol. The van der Waals surface area contributed by atoms with Crippen LogP contribution in [0.1, 0.15) is 5.56 Å². The zero-order chi connectivity index (χ0) is 16.7. The van der Waals surface area contributed by atoms with Crippen LogP contribution in [0.4, 0.5) is 5.69 Å². The number of thiocarbonyl (C=S) groups is 1. The summed E-state index contributed by atoms with van der Waals surface area (Å²) in [5, 5.41) is 14.8. The maximum Gasteiger partial charge on any atom is 0.250 e. The maximum absolute atomic E-state index is 11.8. The van der Waals surface area contributed by atoms with Crippen molar-refractivity contribution in [3.8, 4) is 11.5 Å². The molecule has 2 aromatic carbocycles. The molecule has 2 aromatic rings. The largest absolute Gasteiger partial charge is 0.508 e. The van der Waals surface area contributed by atoms with Crippen LogP contribution in [0.3, 0.4) is 0 Å². The van der Waals surface area contributed by atoms with Gasteiger partial charge in [-0.3, -0.25) is 10.1 Å². The molecule has 0 spiro atoms. The topological polar surface area (TPSA) is 70.6 Å². The fourth-order valence-corrected chi connectivity index (χ4v) is 1.97. The molecule has 6 heteroatoms. The first-order valence-corrected chi connectivity index (χ1v) is 7.21. The average Bonchev–Trinajstić information content (AvgIpc) is 2.55. The van der Waals surface area contributed by atoms with Gasteiger partial charge in [0.2, 0.25) is 5.91 Å². The van der Waals surface area contributed by atoms with E-state index in [0.29, 0.717) is 5.69 Å². The number of nitrogens with one attached hydrogen (secondary N) is 2. The van der Waals surface area contributed by atoms with Crippen LogP contribution in [-0.4, -0.2) is 23.2 Å². The average molecular weight is 328 g/mol. The van der Waals surface area contributed by atoms with E-state index in [2.05, 4.69) is 10.6 Å². The van der Waals surface area contributed by atoms with Crippen molar-refractivity contribution in [3.63, 3.8) is 0 Å². The van der Waals surface area contributed by atoms with Crippen molar-refractivity contribution in [2.24, 2.45) is 0 Å². The minimum Gasteiger partial charge on any atom is -0.508 e. The molecular formula is C17H16N2O3S. The van der Waals surface area contributed by atoms with Crippen LogP contribution in [0.15, 0.2) is 54.6 Å². The molecule has 0 unspecified atom stereocenters. The minimum atomic E-state index is -0.336. The summed E-state index contributed by atoms with van der Waals surface area (Å²) in [4.78, 5) is 11.8. The van der Waals surface area contributed by atoms with E-state index >= 15 is 0 Å². The van der Waals surface area contributed by atoms with E-state index in [9.17, 15) is 9.90 Å². The fourth-order valence-electron chi connectivity index (χ4n) is 1.75. The lowest BCUT2D eigenvalue weighted by Gasteiger charge is -2.08.